The monoisotopic (exact) mass is 332 g/mol. The highest BCUT2D eigenvalue weighted by atomic mass is 16.6. The molecule has 0 radical (unpaired) electrons. The summed E-state index contributed by atoms with van der Waals surface area (Å²) in [6.07, 6.45) is 1.44. The highest BCUT2D eigenvalue weighted by Crippen LogP contribution is 2.28. The van der Waals surface area contributed by atoms with Gasteiger partial charge in [-0.15, -0.1) is 0 Å². The molecule has 1 saturated heterocycles. The van der Waals surface area contributed by atoms with Crippen LogP contribution in [0.3, 0.4) is 0 Å². The number of nitrogens with zero attached hydrogens (tertiary/aromatic N) is 2. The molecule has 2 aliphatic heterocycles. The molecule has 1 fully saturated rings. The van der Waals surface area contributed by atoms with E-state index in [1.54, 1.807) is 4.90 Å². The number of aliphatic hydroxyl groups excluding tert-OH is 1. The van der Waals surface area contributed by atoms with Crippen molar-refractivity contribution < 1.29 is 14.6 Å². The first-order valence-electron chi connectivity index (χ1n) is 8.82. The number of likely N-dealkylation sites (tertiary alicyclic amines) is 1. The molecule has 5 heteroatoms. The summed E-state index contributed by atoms with van der Waals surface area (Å²) in [6, 6.07) is 8.46. The number of ether oxygens (including phenoxy) is 1. The number of carbonyl (C=O) groups excluding carboxylic acids is 1. The predicted octanol–water partition coefficient (Wildman–Crippen LogP) is 2.76. The molecule has 2 atom stereocenters. The second-order valence-electron chi connectivity index (χ2n) is 7.82. The van der Waals surface area contributed by atoms with Crippen molar-refractivity contribution in [3.05, 3.63) is 35.4 Å². The van der Waals surface area contributed by atoms with Gasteiger partial charge in [0.1, 0.15) is 5.60 Å². The zero-order valence-electron chi connectivity index (χ0n) is 14.9. The van der Waals surface area contributed by atoms with Gasteiger partial charge in [-0.2, -0.15) is 0 Å². The van der Waals surface area contributed by atoms with Crippen LogP contribution in [0.25, 0.3) is 0 Å². The van der Waals surface area contributed by atoms with Gasteiger partial charge in [0.05, 0.1) is 12.3 Å². The molecule has 0 spiro atoms. The van der Waals surface area contributed by atoms with Crippen molar-refractivity contribution in [2.75, 3.05) is 13.1 Å². The van der Waals surface area contributed by atoms with Crippen LogP contribution in [0.1, 0.15) is 44.7 Å². The van der Waals surface area contributed by atoms with Gasteiger partial charge in [-0.3, -0.25) is 9.80 Å². The van der Waals surface area contributed by atoms with Gasteiger partial charge in [0.2, 0.25) is 0 Å². The molecule has 1 N–H and O–H groups in total. The molecule has 1 amide bonds. The quantitative estimate of drug-likeness (QED) is 0.859. The molecular weight excluding hydrogens is 304 g/mol. The molecule has 0 aliphatic carbocycles. The molecule has 2 aliphatic rings. The second kappa shape index (κ2) is 6.73. The number of hydrogen-bond acceptors (Lipinski definition) is 4. The van der Waals surface area contributed by atoms with Crippen molar-refractivity contribution in [3.8, 4) is 0 Å². The van der Waals surface area contributed by atoms with Crippen molar-refractivity contribution in [3.63, 3.8) is 0 Å². The molecule has 2 heterocycles. The standard InChI is InChI=1S/C19H28N2O3/c1-19(2,3)24-18(23)21-11-9-16(22)12-17(21)20-10-8-14-6-4-5-7-15(14)13-20/h4-7,16-17,22H,8-13H2,1-3H3. The number of fused-ring (bicyclic) bond motifs is 1. The van der Waals surface area contributed by atoms with Crippen LogP contribution in [-0.4, -0.2) is 52.0 Å². The summed E-state index contributed by atoms with van der Waals surface area (Å²) in [4.78, 5) is 16.7. The highest BCUT2D eigenvalue weighted by molar-refractivity contribution is 5.68. The average molecular weight is 332 g/mol. The topological polar surface area (TPSA) is 53.0 Å². The molecular formula is C19H28N2O3. The molecule has 1 aromatic rings. The number of amides is 1. The van der Waals surface area contributed by atoms with Gasteiger partial charge in [0.15, 0.2) is 0 Å². The lowest BCUT2D eigenvalue weighted by Gasteiger charge is -2.45. The zero-order chi connectivity index (χ0) is 17.3. The Balaban J connectivity index is 1.77. The van der Waals surface area contributed by atoms with Crippen molar-refractivity contribution in [1.82, 2.24) is 9.80 Å². The van der Waals surface area contributed by atoms with Gasteiger partial charge in [0, 0.05) is 26.1 Å². The Kier molecular flexibility index (Phi) is 4.83. The lowest BCUT2D eigenvalue weighted by atomic mass is 9.97. The van der Waals surface area contributed by atoms with E-state index in [2.05, 4.69) is 29.2 Å². The lowest BCUT2D eigenvalue weighted by molar-refractivity contribution is -0.0545. The van der Waals surface area contributed by atoms with Crippen LogP contribution in [0.5, 0.6) is 0 Å². The second-order valence-corrected chi connectivity index (χ2v) is 7.82. The molecule has 132 valence electrons. The van der Waals surface area contributed by atoms with Crippen LogP contribution in [0, 0.1) is 0 Å². The molecule has 0 saturated carbocycles. The third kappa shape index (κ3) is 3.90. The number of hydrogen-bond donors (Lipinski definition) is 1. The van der Waals surface area contributed by atoms with Gasteiger partial charge in [-0.25, -0.2) is 4.79 Å². The van der Waals surface area contributed by atoms with E-state index in [0.29, 0.717) is 19.4 Å². The van der Waals surface area contributed by atoms with E-state index in [1.807, 2.05) is 20.8 Å². The van der Waals surface area contributed by atoms with E-state index in [0.717, 1.165) is 19.5 Å². The molecule has 5 nitrogen and oxygen atoms in total. The lowest BCUT2D eigenvalue weighted by Crippen LogP contribution is -2.57. The molecule has 0 aromatic heterocycles. The summed E-state index contributed by atoms with van der Waals surface area (Å²) >= 11 is 0. The summed E-state index contributed by atoms with van der Waals surface area (Å²) in [5.41, 5.74) is 2.19. The first-order chi connectivity index (χ1) is 11.3. The van der Waals surface area contributed by atoms with Crippen LogP contribution in [0.4, 0.5) is 4.79 Å². The SMILES string of the molecule is CC(C)(C)OC(=O)N1CCC(O)CC1N1CCc2ccccc2C1. The normalized spacial score (nSPS) is 25.2. The minimum atomic E-state index is -0.508. The smallest absolute Gasteiger partial charge is 0.411 e. The van der Waals surface area contributed by atoms with E-state index >= 15 is 0 Å². The fraction of sp³-hybridized carbons (Fsp3) is 0.632. The summed E-state index contributed by atoms with van der Waals surface area (Å²) in [5, 5.41) is 10.1. The fourth-order valence-electron chi connectivity index (χ4n) is 3.58. The van der Waals surface area contributed by atoms with Gasteiger partial charge in [-0.1, -0.05) is 24.3 Å². The Morgan fingerprint density at radius 3 is 2.62 bits per heavy atom. The number of benzene rings is 1. The maximum atomic E-state index is 12.6. The molecule has 0 bridgehead atoms. The van der Waals surface area contributed by atoms with Crippen molar-refractivity contribution in [2.24, 2.45) is 0 Å². The Hall–Kier alpha value is -1.59. The van der Waals surface area contributed by atoms with Gasteiger partial charge in [0.25, 0.3) is 0 Å². The molecule has 3 rings (SSSR count). The summed E-state index contributed by atoms with van der Waals surface area (Å²) in [5.74, 6) is 0. The number of piperidine rings is 1. The average Bonchev–Trinajstić information content (AvgIpc) is 2.52. The number of aliphatic hydroxyl groups is 1. The van der Waals surface area contributed by atoms with Crippen molar-refractivity contribution in [1.29, 1.82) is 0 Å². The molecule has 1 aromatic carbocycles. The Labute approximate surface area is 144 Å². The number of rotatable bonds is 1. The first-order valence-corrected chi connectivity index (χ1v) is 8.82. The summed E-state index contributed by atoms with van der Waals surface area (Å²) in [6.45, 7) is 7.90. The van der Waals surface area contributed by atoms with Crippen LogP contribution >= 0.6 is 0 Å². The van der Waals surface area contributed by atoms with E-state index < -0.39 is 5.60 Å². The van der Waals surface area contributed by atoms with E-state index in [1.165, 1.54) is 11.1 Å². The molecule has 24 heavy (non-hydrogen) atoms. The third-order valence-corrected chi connectivity index (χ3v) is 4.76. The van der Waals surface area contributed by atoms with Crippen molar-refractivity contribution in [2.45, 2.75) is 64.4 Å². The van der Waals surface area contributed by atoms with Crippen LogP contribution < -0.4 is 0 Å². The van der Waals surface area contributed by atoms with Gasteiger partial charge < -0.3 is 9.84 Å². The Morgan fingerprint density at radius 2 is 1.92 bits per heavy atom. The van der Waals surface area contributed by atoms with E-state index in [4.69, 9.17) is 4.74 Å². The Morgan fingerprint density at radius 1 is 1.21 bits per heavy atom. The Bertz CT molecular complexity index is 597. The number of carbonyl (C=O) groups is 1. The van der Waals surface area contributed by atoms with Crippen LogP contribution in [-0.2, 0) is 17.7 Å². The van der Waals surface area contributed by atoms with Crippen LogP contribution in [0.15, 0.2) is 24.3 Å². The minimum absolute atomic E-state index is 0.100. The summed E-state index contributed by atoms with van der Waals surface area (Å²) < 4.78 is 5.58. The minimum Gasteiger partial charge on any atom is -0.444 e. The van der Waals surface area contributed by atoms with Gasteiger partial charge in [-0.05, 0) is 44.7 Å². The van der Waals surface area contributed by atoms with Crippen LogP contribution in [0.2, 0.25) is 0 Å². The highest BCUT2D eigenvalue weighted by Gasteiger charge is 2.37. The maximum absolute atomic E-state index is 12.6. The maximum Gasteiger partial charge on any atom is 0.411 e. The predicted molar refractivity (Wildman–Crippen MR) is 92.5 cm³/mol. The molecule has 2 unspecified atom stereocenters. The largest absolute Gasteiger partial charge is 0.444 e. The van der Waals surface area contributed by atoms with Crippen molar-refractivity contribution >= 4 is 6.09 Å². The zero-order valence-corrected chi connectivity index (χ0v) is 14.9. The third-order valence-electron chi connectivity index (χ3n) is 4.76. The first kappa shape index (κ1) is 17.2. The fourth-order valence-corrected chi connectivity index (χ4v) is 3.58. The van der Waals surface area contributed by atoms with Gasteiger partial charge >= 0.3 is 6.09 Å². The van der Waals surface area contributed by atoms with E-state index in [-0.39, 0.29) is 18.4 Å². The van der Waals surface area contributed by atoms with E-state index in [9.17, 15) is 9.90 Å². The summed E-state index contributed by atoms with van der Waals surface area (Å²) in [7, 11) is 0.